The van der Waals surface area contributed by atoms with Crippen LogP contribution >= 0.6 is 0 Å². The lowest BCUT2D eigenvalue weighted by Gasteiger charge is -2.25. The van der Waals surface area contributed by atoms with Gasteiger partial charge >= 0.3 is 0 Å². The van der Waals surface area contributed by atoms with Crippen LogP contribution in [0.15, 0.2) is 12.2 Å². The van der Waals surface area contributed by atoms with Crippen LogP contribution in [0.3, 0.4) is 0 Å². The van der Waals surface area contributed by atoms with Gasteiger partial charge in [0, 0.05) is 6.04 Å². The van der Waals surface area contributed by atoms with E-state index >= 15 is 0 Å². The van der Waals surface area contributed by atoms with Crippen LogP contribution < -0.4 is 0 Å². The number of likely N-dealkylation sites (tertiary alicyclic amines) is 1. The Kier molecular flexibility index (Phi) is 2.49. The molecule has 0 bridgehead atoms. The zero-order chi connectivity index (χ0) is 9.26. The Morgan fingerprint density at radius 2 is 2.31 bits per heavy atom. The van der Waals surface area contributed by atoms with E-state index in [2.05, 4.69) is 41.9 Å². The highest BCUT2D eigenvalue weighted by molar-refractivity contribution is 5.66. The van der Waals surface area contributed by atoms with E-state index in [9.17, 15) is 0 Å². The van der Waals surface area contributed by atoms with E-state index in [-0.39, 0.29) is 0 Å². The molecular weight excluding hydrogens is 160 g/mol. The van der Waals surface area contributed by atoms with E-state index in [1.165, 1.54) is 25.9 Å². The van der Waals surface area contributed by atoms with Crippen LogP contribution in [-0.4, -0.2) is 48.9 Å². The molecule has 0 radical (unpaired) electrons. The minimum absolute atomic E-state index is 0.738. The summed E-state index contributed by atoms with van der Waals surface area (Å²) in [7, 11) is 4.41. The molecule has 0 N–H and O–H groups in total. The smallest absolute Gasteiger partial charge is 0.162 e. The minimum atomic E-state index is 0.738. The quantitative estimate of drug-likeness (QED) is 0.544. The molecule has 2 aliphatic rings. The first-order valence-electron chi connectivity index (χ1n) is 5.19. The summed E-state index contributed by atoms with van der Waals surface area (Å²) in [6, 6.07) is 0.785. The maximum absolute atomic E-state index is 2.51. The van der Waals surface area contributed by atoms with E-state index in [0.717, 1.165) is 12.0 Å². The van der Waals surface area contributed by atoms with Crippen molar-refractivity contribution in [3.63, 3.8) is 0 Å². The molecule has 72 valence electrons. The zero-order valence-electron chi connectivity index (χ0n) is 8.61. The molecule has 0 aromatic rings. The van der Waals surface area contributed by atoms with Gasteiger partial charge in [-0.25, -0.2) is 4.58 Å². The van der Waals surface area contributed by atoms with Crippen molar-refractivity contribution in [3.8, 4) is 0 Å². The summed E-state index contributed by atoms with van der Waals surface area (Å²) >= 11 is 0. The molecule has 1 fully saturated rings. The van der Waals surface area contributed by atoms with E-state index in [1.54, 1.807) is 0 Å². The van der Waals surface area contributed by atoms with E-state index < -0.39 is 0 Å². The van der Waals surface area contributed by atoms with Gasteiger partial charge in [-0.05, 0) is 32.5 Å². The number of allylic oxidation sites excluding steroid dienone is 1. The third-order valence-corrected chi connectivity index (χ3v) is 3.27. The van der Waals surface area contributed by atoms with E-state index in [4.69, 9.17) is 0 Å². The normalized spacial score (nSPS) is 35.1. The van der Waals surface area contributed by atoms with Crippen LogP contribution in [0.2, 0.25) is 0 Å². The third-order valence-electron chi connectivity index (χ3n) is 3.27. The summed E-state index contributed by atoms with van der Waals surface area (Å²) in [5, 5.41) is 0. The van der Waals surface area contributed by atoms with Crippen molar-refractivity contribution < 1.29 is 4.58 Å². The Morgan fingerprint density at radius 3 is 2.92 bits per heavy atom. The van der Waals surface area contributed by atoms with Gasteiger partial charge in [-0.15, -0.1) is 0 Å². The van der Waals surface area contributed by atoms with Crippen molar-refractivity contribution in [3.05, 3.63) is 12.2 Å². The predicted molar refractivity (Wildman–Crippen MR) is 55.4 cm³/mol. The van der Waals surface area contributed by atoms with E-state index in [0.29, 0.717) is 0 Å². The van der Waals surface area contributed by atoms with Crippen molar-refractivity contribution in [2.24, 2.45) is 5.92 Å². The monoisotopic (exact) mass is 179 g/mol. The van der Waals surface area contributed by atoms with Crippen LogP contribution in [0.5, 0.6) is 0 Å². The highest BCUT2D eigenvalue weighted by Crippen LogP contribution is 2.24. The number of hydrogen-bond acceptors (Lipinski definition) is 1. The molecule has 2 aliphatic heterocycles. The minimum Gasteiger partial charge on any atom is -0.303 e. The van der Waals surface area contributed by atoms with Gasteiger partial charge in [-0.3, -0.25) is 0 Å². The number of hydrogen-bond donors (Lipinski definition) is 0. The highest BCUT2D eigenvalue weighted by atomic mass is 15.2. The molecule has 0 aliphatic carbocycles. The van der Waals surface area contributed by atoms with Gasteiger partial charge in [0.25, 0.3) is 0 Å². The first-order valence-corrected chi connectivity index (χ1v) is 5.19. The molecule has 0 amide bonds. The SMILES string of the molecule is CN1CCCC1[C@H]1C=CC=[N+](C)C1. The van der Waals surface area contributed by atoms with Crippen LogP contribution in [0, 0.1) is 5.92 Å². The third kappa shape index (κ3) is 1.83. The standard InChI is InChI=1S/C11H19N2/c1-12-7-3-5-10(9-12)11-6-4-8-13(11)2/h3,5,7,10-11H,4,6,8-9H2,1-2H3/q+1/t10-,11?/m0/s1. The molecule has 2 rings (SSSR count). The van der Waals surface area contributed by atoms with Gasteiger partial charge in [-0.1, -0.05) is 6.08 Å². The summed E-state index contributed by atoms with van der Waals surface area (Å²) in [6.07, 6.45) is 9.47. The Hall–Kier alpha value is -0.630. The Morgan fingerprint density at radius 1 is 1.46 bits per heavy atom. The van der Waals surface area contributed by atoms with Crippen LogP contribution in [-0.2, 0) is 0 Å². The van der Waals surface area contributed by atoms with Crippen LogP contribution in [0.1, 0.15) is 12.8 Å². The number of nitrogens with zero attached hydrogens (tertiary/aromatic N) is 2. The van der Waals surface area contributed by atoms with Gasteiger partial charge in [0.05, 0.1) is 5.92 Å². The summed E-state index contributed by atoms with van der Waals surface area (Å²) in [4.78, 5) is 2.51. The maximum Gasteiger partial charge on any atom is 0.162 e. The molecule has 0 aromatic heterocycles. The molecule has 2 heterocycles. The Bertz CT molecular complexity index is 242. The maximum atomic E-state index is 2.51. The van der Waals surface area contributed by atoms with Crippen molar-refractivity contribution in [1.82, 2.24) is 4.90 Å². The fraction of sp³-hybridized carbons (Fsp3) is 0.727. The topological polar surface area (TPSA) is 6.25 Å². The fourth-order valence-corrected chi connectivity index (χ4v) is 2.52. The first-order chi connectivity index (χ1) is 6.27. The lowest BCUT2D eigenvalue weighted by molar-refractivity contribution is -0.500. The largest absolute Gasteiger partial charge is 0.303 e. The second kappa shape index (κ2) is 3.62. The van der Waals surface area contributed by atoms with Gasteiger partial charge in [0.15, 0.2) is 6.21 Å². The first kappa shape index (κ1) is 8.95. The second-order valence-electron chi connectivity index (χ2n) is 4.33. The van der Waals surface area contributed by atoms with Crippen molar-refractivity contribution in [1.29, 1.82) is 0 Å². The predicted octanol–water partition coefficient (Wildman–Crippen LogP) is 0.980. The second-order valence-corrected chi connectivity index (χ2v) is 4.33. The summed E-state index contributed by atoms with van der Waals surface area (Å²) in [5.41, 5.74) is 0. The molecule has 2 nitrogen and oxygen atoms in total. The fourth-order valence-electron chi connectivity index (χ4n) is 2.52. The van der Waals surface area contributed by atoms with E-state index in [1.807, 2.05) is 0 Å². The van der Waals surface area contributed by atoms with Crippen molar-refractivity contribution in [2.75, 3.05) is 27.2 Å². The molecule has 1 unspecified atom stereocenters. The van der Waals surface area contributed by atoms with Gasteiger partial charge in [-0.2, -0.15) is 0 Å². The summed E-state index contributed by atoms with van der Waals surface area (Å²) < 4.78 is 2.29. The van der Waals surface area contributed by atoms with Gasteiger partial charge < -0.3 is 4.90 Å². The van der Waals surface area contributed by atoms with Gasteiger partial charge in [0.2, 0.25) is 0 Å². The number of rotatable bonds is 1. The van der Waals surface area contributed by atoms with Crippen LogP contribution in [0.25, 0.3) is 0 Å². The molecular formula is C11H19N2+. The Labute approximate surface area is 80.6 Å². The molecule has 2 atom stereocenters. The average molecular weight is 179 g/mol. The Balaban J connectivity index is 2.02. The molecule has 1 saturated heterocycles. The van der Waals surface area contributed by atoms with Crippen molar-refractivity contribution in [2.45, 2.75) is 18.9 Å². The van der Waals surface area contributed by atoms with Crippen LogP contribution in [0.4, 0.5) is 0 Å². The molecule has 0 aromatic carbocycles. The zero-order valence-corrected chi connectivity index (χ0v) is 8.61. The van der Waals surface area contributed by atoms with Crippen molar-refractivity contribution >= 4 is 6.21 Å². The summed E-state index contributed by atoms with van der Waals surface area (Å²) in [5.74, 6) is 0.738. The van der Waals surface area contributed by atoms with Gasteiger partial charge in [0.1, 0.15) is 13.6 Å². The molecule has 0 saturated carbocycles. The molecule has 2 heteroatoms. The average Bonchev–Trinajstić information content (AvgIpc) is 2.51. The molecule has 0 spiro atoms. The lowest BCUT2D eigenvalue weighted by atomic mass is 9.95. The lowest BCUT2D eigenvalue weighted by Crippen LogP contribution is -2.37. The highest BCUT2D eigenvalue weighted by Gasteiger charge is 2.30. The summed E-state index contributed by atoms with van der Waals surface area (Å²) in [6.45, 7) is 2.47. The molecule has 13 heavy (non-hydrogen) atoms.